The summed E-state index contributed by atoms with van der Waals surface area (Å²) in [6, 6.07) is 5.68. The van der Waals surface area contributed by atoms with Gasteiger partial charge in [0.05, 0.1) is 18.1 Å². The van der Waals surface area contributed by atoms with Gasteiger partial charge in [0.1, 0.15) is 12.4 Å². The number of rotatable bonds is 5. The van der Waals surface area contributed by atoms with E-state index in [0.29, 0.717) is 21.4 Å². The molecule has 0 aliphatic rings. The van der Waals surface area contributed by atoms with Crippen molar-refractivity contribution in [3.05, 3.63) is 55.4 Å². The number of benzene rings is 1. The van der Waals surface area contributed by atoms with Crippen molar-refractivity contribution in [2.45, 2.75) is 13.5 Å². The van der Waals surface area contributed by atoms with E-state index < -0.39 is 4.92 Å². The maximum atomic E-state index is 11.8. The van der Waals surface area contributed by atoms with Crippen molar-refractivity contribution in [1.82, 2.24) is 14.6 Å². The maximum absolute atomic E-state index is 11.8. The minimum atomic E-state index is -0.550. The zero-order chi connectivity index (χ0) is 17.3. The lowest BCUT2D eigenvalue weighted by atomic mass is 10.3. The topological polar surface area (TPSA) is 109 Å². The van der Waals surface area contributed by atoms with Gasteiger partial charge in [-0.2, -0.15) is 9.61 Å². The number of methoxy groups -OCH3 is 1. The maximum Gasteiger partial charge on any atom is 0.314 e. The van der Waals surface area contributed by atoms with Crippen LogP contribution in [-0.2, 0) is 6.61 Å². The van der Waals surface area contributed by atoms with Gasteiger partial charge in [0.25, 0.3) is 5.56 Å². The van der Waals surface area contributed by atoms with Crippen LogP contribution in [0.15, 0.2) is 29.1 Å². The Labute approximate surface area is 139 Å². The van der Waals surface area contributed by atoms with Gasteiger partial charge in [-0.05, 0) is 19.1 Å². The highest BCUT2D eigenvalue weighted by molar-refractivity contribution is 7.16. The van der Waals surface area contributed by atoms with Crippen LogP contribution in [0.4, 0.5) is 5.69 Å². The van der Waals surface area contributed by atoms with Gasteiger partial charge in [-0.3, -0.25) is 14.9 Å². The molecular weight excluding hydrogens is 336 g/mol. The summed E-state index contributed by atoms with van der Waals surface area (Å²) in [5.41, 5.74) is 0.110. The number of aromatic nitrogens is 3. The molecule has 24 heavy (non-hydrogen) atoms. The number of nitro groups is 1. The Hall–Kier alpha value is -3.01. The average molecular weight is 348 g/mol. The Morgan fingerprint density at radius 2 is 2.17 bits per heavy atom. The number of nitro benzene ring substituents is 1. The first-order valence-corrected chi connectivity index (χ1v) is 7.61. The van der Waals surface area contributed by atoms with Gasteiger partial charge in [0.2, 0.25) is 4.96 Å². The molecule has 0 spiro atoms. The highest BCUT2D eigenvalue weighted by Gasteiger charge is 2.17. The molecule has 0 fully saturated rings. The number of aryl methyl sites for hydroxylation is 1. The molecule has 10 heteroatoms. The molecule has 0 unspecified atom stereocenters. The average Bonchev–Trinajstić information content (AvgIpc) is 2.95. The van der Waals surface area contributed by atoms with Crippen molar-refractivity contribution in [2.24, 2.45) is 0 Å². The summed E-state index contributed by atoms with van der Waals surface area (Å²) in [5, 5.41) is 15.7. The number of ether oxygens (including phenoxy) is 2. The van der Waals surface area contributed by atoms with Gasteiger partial charge in [-0.25, -0.2) is 4.98 Å². The predicted octanol–water partition coefficient (Wildman–Crippen LogP) is 1.96. The molecule has 0 atom stereocenters. The summed E-state index contributed by atoms with van der Waals surface area (Å²) in [6.45, 7) is 1.71. The molecule has 0 N–H and O–H groups in total. The Morgan fingerprint density at radius 3 is 2.88 bits per heavy atom. The molecule has 0 saturated heterocycles. The van der Waals surface area contributed by atoms with Crippen LogP contribution in [-0.4, -0.2) is 26.6 Å². The highest BCUT2D eigenvalue weighted by atomic mass is 32.1. The Kier molecular flexibility index (Phi) is 4.13. The fourth-order valence-electron chi connectivity index (χ4n) is 2.05. The van der Waals surface area contributed by atoms with E-state index in [0.717, 1.165) is 0 Å². The lowest BCUT2D eigenvalue weighted by Crippen LogP contribution is -2.14. The van der Waals surface area contributed by atoms with Crippen molar-refractivity contribution in [2.75, 3.05) is 7.11 Å². The zero-order valence-corrected chi connectivity index (χ0v) is 13.6. The molecule has 0 aliphatic carbocycles. The minimum absolute atomic E-state index is 0.0142. The summed E-state index contributed by atoms with van der Waals surface area (Å²) in [6.07, 6.45) is 0. The van der Waals surface area contributed by atoms with Crippen LogP contribution < -0.4 is 15.0 Å². The first-order chi connectivity index (χ1) is 11.5. The smallest absolute Gasteiger partial charge is 0.314 e. The lowest BCUT2D eigenvalue weighted by Gasteiger charge is -2.06. The number of hydrogen-bond acceptors (Lipinski definition) is 8. The van der Waals surface area contributed by atoms with Gasteiger partial charge in [0, 0.05) is 11.8 Å². The first-order valence-electron chi connectivity index (χ1n) is 6.79. The molecule has 2 heterocycles. The monoisotopic (exact) mass is 348 g/mol. The molecule has 0 bridgehead atoms. The van der Waals surface area contributed by atoms with E-state index in [2.05, 4.69) is 10.1 Å². The normalized spacial score (nSPS) is 10.8. The fourth-order valence-corrected chi connectivity index (χ4v) is 2.90. The Morgan fingerprint density at radius 1 is 1.38 bits per heavy atom. The fraction of sp³-hybridized carbons (Fsp3) is 0.214. The van der Waals surface area contributed by atoms with Gasteiger partial charge in [-0.1, -0.05) is 11.3 Å². The molecule has 3 aromatic rings. The van der Waals surface area contributed by atoms with Crippen molar-refractivity contribution in [3.63, 3.8) is 0 Å². The van der Waals surface area contributed by atoms with Crippen LogP contribution in [0.2, 0.25) is 0 Å². The zero-order valence-electron chi connectivity index (χ0n) is 12.8. The molecule has 3 rings (SSSR count). The third kappa shape index (κ3) is 3.04. The largest absolute Gasteiger partial charge is 0.496 e. The number of hydrogen-bond donors (Lipinski definition) is 0. The van der Waals surface area contributed by atoms with Crippen molar-refractivity contribution in [1.29, 1.82) is 0 Å². The summed E-state index contributed by atoms with van der Waals surface area (Å²) in [5.74, 6) is 0.455. The van der Waals surface area contributed by atoms with Crippen LogP contribution >= 0.6 is 11.3 Å². The quantitative estimate of drug-likeness (QED) is 0.512. The van der Waals surface area contributed by atoms with E-state index in [1.807, 2.05) is 0 Å². The molecule has 9 nitrogen and oxygen atoms in total. The molecule has 2 aromatic heterocycles. The third-order valence-electron chi connectivity index (χ3n) is 3.13. The molecule has 0 radical (unpaired) electrons. The Bertz CT molecular complexity index is 981. The molecule has 124 valence electrons. The molecular formula is C14H12N4O5S. The second kappa shape index (κ2) is 6.24. The summed E-state index contributed by atoms with van der Waals surface area (Å²) >= 11 is 1.19. The van der Waals surface area contributed by atoms with E-state index in [1.54, 1.807) is 13.0 Å². The highest BCUT2D eigenvalue weighted by Crippen LogP contribution is 2.31. The second-order valence-corrected chi connectivity index (χ2v) is 5.85. The lowest BCUT2D eigenvalue weighted by molar-refractivity contribution is -0.386. The minimum Gasteiger partial charge on any atom is -0.496 e. The van der Waals surface area contributed by atoms with Gasteiger partial charge in [-0.15, -0.1) is 0 Å². The summed E-state index contributed by atoms with van der Waals surface area (Å²) in [4.78, 5) is 27.1. The van der Waals surface area contributed by atoms with Gasteiger partial charge < -0.3 is 9.47 Å². The summed E-state index contributed by atoms with van der Waals surface area (Å²) in [7, 11) is 1.42. The molecule has 0 aliphatic heterocycles. The van der Waals surface area contributed by atoms with Crippen LogP contribution in [0, 0.1) is 17.0 Å². The van der Waals surface area contributed by atoms with E-state index in [9.17, 15) is 14.9 Å². The van der Waals surface area contributed by atoms with Gasteiger partial charge >= 0.3 is 5.69 Å². The SMILES string of the molecule is COc1ccc(OCc2nn3c(=O)cc(C)nc3s2)c([N+](=O)[O-])c1. The second-order valence-electron chi connectivity index (χ2n) is 4.81. The van der Waals surface area contributed by atoms with Crippen molar-refractivity contribution < 1.29 is 14.4 Å². The third-order valence-corrected chi connectivity index (χ3v) is 4.01. The van der Waals surface area contributed by atoms with Gasteiger partial charge in [0.15, 0.2) is 10.8 Å². The van der Waals surface area contributed by atoms with Crippen molar-refractivity contribution in [3.8, 4) is 11.5 Å². The summed E-state index contributed by atoms with van der Waals surface area (Å²) < 4.78 is 11.6. The number of nitrogens with zero attached hydrogens (tertiary/aromatic N) is 4. The van der Waals surface area contributed by atoms with E-state index in [1.165, 1.54) is 41.2 Å². The first kappa shape index (κ1) is 15.9. The van der Waals surface area contributed by atoms with Crippen molar-refractivity contribution >= 4 is 22.0 Å². The predicted molar refractivity (Wildman–Crippen MR) is 85.9 cm³/mol. The van der Waals surface area contributed by atoms with Crippen LogP contribution in [0.1, 0.15) is 10.7 Å². The van der Waals surface area contributed by atoms with E-state index in [-0.39, 0.29) is 23.6 Å². The molecule has 1 aromatic carbocycles. The van der Waals surface area contributed by atoms with Crippen LogP contribution in [0.25, 0.3) is 4.96 Å². The van der Waals surface area contributed by atoms with Crippen LogP contribution in [0.3, 0.4) is 0 Å². The van der Waals surface area contributed by atoms with E-state index >= 15 is 0 Å². The Balaban J connectivity index is 1.87. The molecule has 0 amide bonds. The molecule has 0 saturated carbocycles. The number of fused-ring (bicyclic) bond motifs is 1. The van der Waals surface area contributed by atoms with Crippen LogP contribution in [0.5, 0.6) is 11.5 Å². The standard InChI is InChI=1S/C14H12N4O5S/c1-8-5-13(19)17-14(15-8)24-12(16-17)7-23-11-4-3-9(22-2)6-10(11)18(20)21/h3-6H,7H2,1-2H3. The van der Waals surface area contributed by atoms with E-state index in [4.69, 9.17) is 9.47 Å².